The maximum absolute atomic E-state index is 11.6. The van der Waals surface area contributed by atoms with Crippen LogP contribution in [0.25, 0.3) is 0 Å². The van der Waals surface area contributed by atoms with E-state index in [1.165, 1.54) is 0 Å². The molecule has 0 aliphatic heterocycles. The van der Waals surface area contributed by atoms with Gasteiger partial charge >= 0.3 is 0 Å². The van der Waals surface area contributed by atoms with Gasteiger partial charge in [0.2, 0.25) is 0 Å². The third-order valence-corrected chi connectivity index (χ3v) is 4.30. The second-order valence-electron chi connectivity index (χ2n) is 4.66. The molecule has 1 aromatic carbocycles. The summed E-state index contributed by atoms with van der Waals surface area (Å²) in [7, 11) is 1.70. The molecule has 5 heteroatoms. The van der Waals surface area contributed by atoms with E-state index in [1.807, 2.05) is 33.8 Å². The van der Waals surface area contributed by atoms with Gasteiger partial charge in [0.15, 0.2) is 0 Å². The van der Waals surface area contributed by atoms with Gasteiger partial charge in [-0.05, 0) is 35.1 Å². The lowest BCUT2D eigenvalue weighted by molar-refractivity contribution is 0.607. The Morgan fingerprint density at radius 1 is 1.06 bits per heavy atom. The minimum atomic E-state index is -3.77. The van der Waals surface area contributed by atoms with Crippen LogP contribution in [0.3, 0.4) is 0 Å². The molecule has 0 amide bonds. The fourth-order valence-corrected chi connectivity index (χ4v) is 3.48. The monoisotopic (exact) mass is 294 g/mol. The second kappa shape index (κ2) is 5.17. The highest BCUT2D eigenvalue weighted by atomic mass is 35.7. The topological polar surface area (TPSA) is 34.1 Å². The first kappa shape index (κ1) is 14.8. The first-order valence-electron chi connectivity index (χ1n) is 5.42. The maximum atomic E-state index is 11.6. The van der Waals surface area contributed by atoms with Crippen LogP contribution in [0, 0.1) is 0 Å². The standard InChI is InChI=1S/C12H16Cl2O2S/c1-7(2)9-5-10(13)12(8(3)4)11(6-9)17(14,15)16/h5-8H,1-4H3. The van der Waals surface area contributed by atoms with E-state index in [1.54, 1.807) is 6.07 Å². The lowest BCUT2D eigenvalue weighted by atomic mass is 9.97. The Hall–Kier alpha value is -0.250. The van der Waals surface area contributed by atoms with Crippen molar-refractivity contribution >= 4 is 31.3 Å². The summed E-state index contributed by atoms with van der Waals surface area (Å²) in [5.74, 6) is 0.207. The van der Waals surface area contributed by atoms with Crippen molar-refractivity contribution in [2.75, 3.05) is 0 Å². The van der Waals surface area contributed by atoms with Gasteiger partial charge < -0.3 is 0 Å². The molecule has 0 aromatic heterocycles. The van der Waals surface area contributed by atoms with Crippen molar-refractivity contribution in [3.63, 3.8) is 0 Å². The molecule has 1 rings (SSSR count). The molecule has 1 aromatic rings. The van der Waals surface area contributed by atoms with E-state index in [0.717, 1.165) is 5.56 Å². The molecule has 0 radical (unpaired) electrons. The van der Waals surface area contributed by atoms with Gasteiger partial charge in [-0.2, -0.15) is 0 Å². The first-order valence-corrected chi connectivity index (χ1v) is 8.11. The predicted molar refractivity (Wildman–Crippen MR) is 72.7 cm³/mol. The van der Waals surface area contributed by atoms with E-state index in [-0.39, 0.29) is 16.7 Å². The summed E-state index contributed by atoms with van der Waals surface area (Å²) in [6.07, 6.45) is 0. The van der Waals surface area contributed by atoms with E-state index in [4.69, 9.17) is 22.3 Å². The van der Waals surface area contributed by atoms with Crippen molar-refractivity contribution in [2.45, 2.75) is 44.4 Å². The Bertz CT molecular complexity index is 520. The van der Waals surface area contributed by atoms with Gasteiger partial charge in [0.25, 0.3) is 9.05 Å². The van der Waals surface area contributed by atoms with Crippen molar-refractivity contribution in [3.05, 3.63) is 28.3 Å². The molecule has 0 atom stereocenters. The number of hydrogen-bond donors (Lipinski definition) is 0. The van der Waals surface area contributed by atoms with Crippen LogP contribution in [0.15, 0.2) is 17.0 Å². The molecule has 0 N–H and O–H groups in total. The highest BCUT2D eigenvalue weighted by Crippen LogP contribution is 2.35. The number of halogens is 2. The van der Waals surface area contributed by atoms with Gasteiger partial charge in [-0.1, -0.05) is 39.3 Å². The Kier molecular flexibility index (Phi) is 4.50. The highest BCUT2D eigenvalue weighted by molar-refractivity contribution is 8.13. The predicted octanol–water partition coefficient (Wildman–Crippen LogP) is 4.51. The van der Waals surface area contributed by atoms with Crippen molar-refractivity contribution in [1.29, 1.82) is 0 Å². The average molecular weight is 295 g/mol. The lowest BCUT2D eigenvalue weighted by Crippen LogP contribution is -2.03. The van der Waals surface area contributed by atoms with Crippen LogP contribution in [-0.4, -0.2) is 8.42 Å². The van der Waals surface area contributed by atoms with Gasteiger partial charge in [0, 0.05) is 15.7 Å². The average Bonchev–Trinajstić information content (AvgIpc) is 2.14. The molecule has 2 nitrogen and oxygen atoms in total. The zero-order chi connectivity index (χ0) is 13.4. The molecular weight excluding hydrogens is 279 g/mol. The van der Waals surface area contributed by atoms with Crippen LogP contribution in [0.1, 0.15) is 50.7 Å². The minimum Gasteiger partial charge on any atom is -0.207 e. The number of benzene rings is 1. The number of rotatable bonds is 3. The van der Waals surface area contributed by atoms with Crippen molar-refractivity contribution in [2.24, 2.45) is 0 Å². The molecule has 0 saturated carbocycles. The molecule has 0 bridgehead atoms. The summed E-state index contributed by atoms with van der Waals surface area (Å²) in [6.45, 7) is 7.74. The molecule has 0 spiro atoms. The largest absolute Gasteiger partial charge is 0.261 e. The van der Waals surface area contributed by atoms with Crippen LogP contribution in [0.5, 0.6) is 0 Å². The summed E-state index contributed by atoms with van der Waals surface area (Å²) in [4.78, 5) is 0.130. The summed E-state index contributed by atoms with van der Waals surface area (Å²) in [6, 6.07) is 3.43. The van der Waals surface area contributed by atoms with Crippen molar-refractivity contribution in [3.8, 4) is 0 Å². The van der Waals surface area contributed by atoms with Crippen LogP contribution in [0.2, 0.25) is 5.02 Å². The van der Waals surface area contributed by atoms with Crippen molar-refractivity contribution in [1.82, 2.24) is 0 Å². The molecule has 0 aliphatic rings. The zero-order valence-corrected chi connectivity index (χ0v) is 12.6. The van der Waals surface area contributed by atoms with Gasteiger partial charge in [0.05, 0.1) is 4.90 Å². The third-order valence-electron chi connectivity index (χ3n) is 2.62. The molecule has 0 aliphatic carbocycles. The lowest BCUT2D eigenvalue weighted by Gasteiger charge is -2.16. The smallest absolute Gasteiger partial charge is 0.207 e. The first-order chi connectivity index (χ1) is 7.64. The maximum Gasteiger partial charge on any atom is 0.261 e. The van der Waals surface area contributed by atoms with E-state index < -0.39 is 9.05 Å². The zero-order valence-electron chi connectivity index (χ0n) is 10.3. The van der Waals surface area contributed by atoms with Gasteiger partial charge in [-0.25, -0.2) is 8.42 Å². The van der Waals surface area contributed by atoms with Gasteiger partial charge in [-0.15, -0.1) is 0 Å². The van der Waals surface area contributed by atoms with Crippen LogP contribution in [0.4, 0.5) is 0 Å². The molecule has 0 heterocycles. The minimum absolute atomic E-state index is 0.00670. The molecule has 0 saturated heterocycles. The van der Waals surface area contributed by atoms with Crippen LogP contribution in [-0.2, 0) is 9.05 Å². The van der Waals surface area contributed by atoms with Crippen LogP contribution < -0.4 is 0 Å². The fraction of sp³-hybridized carbons (Fsp3) is 0.500. The third kappa shape index (κ3) is 3.36. The SMILES string of the molecule is CC(C)c1cc(Cl)c(C(C)C)c(S(=O)(=O)Cl)c1. The Labute approximate surface area is 112 Å². The second-order valence-corrected chi connectivity index (χ2v) is 7.60. The Morgan fingerprint density at radius 3 is 1.94 bits per heavy atom. The Morgan fingerprint density at radius 2 is 1.59 bits per heavy atom. The summed E-state index contributed by atoms with van der Waals surface area (Å²) in [5.41, 5.74) is 1.46. The summed E-state index contributed by atoms with van der Waals surface area (Å²) >= 11 is 6.16. The molecular formula is C12H16Cl2O2S. The quantitative estimate of drug-likeness (QED) is 0.769. The molecule has 0 fully saturated rings. The fourth-order valence-electron chi connectivity index (χ4n) is 1.71. The van der Waals surface area contributed by atoms with E-state index in [9.17, 15) is 8.42 Å². The van der Waals surface area contributed by atoms with Crippen LogP contribution >= 0.6 is 22.3 Å². The van der Waals surface area contributed by atoms with Crippen molar-refractivity contribution < 1.29 is 8.42 Å². The van der Waals surface area contributed by atoms with Gasteiger partial charge in [-0.3, -0.25) is 0 Å². The van der Waals surface area contributed by atoms with Gasteiger partial charge in [0.1, 0.15) is 0 Å². The normalized spacial score (nSPS) is 12.5. The molecule has 96 valence electrons. The Balaban J connectivity index is 3.63. The molecule has 17 heavy (non-hydrogen) atoms. The summed E-state index contributed by atoms with van der Waals surface area (Å²) in [5, 5.41) is 0.463. The highest BCUT2D eigenvalue weighted by Gasteiger charge is 2.22. The van der Waals surface area contributed by atoms with E-state index in [0.29, 0.717) is 10.6 Å². The molecule has 0 unspecified atom stereocenters. The summed E-state index contributed by atoms with van der Waals surface area (Å²) < 4.78 is 23.2. The van der Waals surface area contributed by atoms with E-state index >= 15 is 0 Å². The van der Waals surface area contributed by atoms with E-state index in [2.05, 4.69) is 0 Å². The number of hydrogen-bond acceptors (Lipinski definition) is 2.